The Bertz CT molecular complexity index is 1620. The Labute approximate surface area is 363 Å². The van der Waals surface area contributed by atoms with Crippen LogP contribution in [0.2, 0.25) is 0 Å². The summed E-state index contributed by atoms with van der Waals surface area (Å²) in [6, 6.07) is -0.979. The highest BCUT2D eigenvalue weighted by Crippen LogP contribution is 2.75. The van der Waals surface area contributed by atoms with Crippen molar-refractivity contribution in [2.24, 2.45) is 63.6 Å². The standard InChI is InChI=1S/C48H86N4O8/c1-26-30(5)49(17)42(9,10)21-34(26)46(39(55)56,25-38(53)54)48(41(59)60,37-24-45(15,16)52(20)33(8)29(37)4)47(40(57)58,35-22-43(11,12)50(18)31(6)27(35)2)36-23-44(13,14)51(19)32(7)28(36)3/h26-37H,21-25H2,1-20H3,(H,53,54)(H,55,56)(H,57,58)(H,59,60). The molecule has 12 nitrogen and oxygen atoms in total. The fourth-order valence-electron chi connectivity index (χ4n) is 14.8. The summed E-state index contributed by atoms with van der Waals surface area (Å²) < 4.78 is 0. The minimum atomic E-state index is -2.64. The summed E-state index contributed by atoms with van der Waals surface area (Å²) in [7, 11) is 8.06. The minimum absolute atomic E-state index is 0.171. The van der Waals surface area contributed by atoms with Crippen LogP contribution < -0.4 is 0 Å². The number of piperidine rings is 4. The zero-order valence-corrected chi connectivity index (χ0v) is 41.2. The van der Waals surface area contributed by atoms with Crippen LogP contribution in [-0.4, -0.2) is 138 Å². The maximum atomic E-state index is 16.2. The third-order valence-corrected chi connectivity index (χ3v) is 19.9. The molecule has 4 aliphatic heterocycles. The molecule has 4 saturated heterocycles. The zero-order valence-electron chi connectivity index (χ0n) is 41.2. The molecular formula is C48H86N4O8. The smallest absolute Gasteiger partial charge is 0.312 e. The Hall–Kier alpha value is -2.28. The van der Waals surface area contributed by atoms with Crippen LogP contribution in [0, 0.1) is 63.6 Å². The first-order valence-corrected chi connectivity index (χ1v) is 22.9. The Morgan fingerprint density at radius 1 is 0.450 bits per heavy atom. The quantitative estimate of drug-likeness (QED) is 0.161. The molecule has 346 valence electrons. The number of nitrogens with zero attached hydrogens (tertiary/aromatic N) is 4. The SMILES string of the molecule is CC1C(C)N(C)C(C)(C)CC1C(CC(=O)O)(C(=O)O)C(C(=O)O)(C1CC(C)(C)N(C)C(C)C1C)C(C(=O)O)(C1CC(C)(C)N(C)C(C)C1C)C1CC(C)(C)N(C)C(C)C1C. The molecule has 12 heteroatoms. The second-order valence-electron chi connectivity index (χ2n) is 23.5. The van der Waals surface area contributed by atoms with Gasteiger partial charge in [-0.15, -0.1) is 0 Å². The summed E-state index contributed by atoms with van der Waals surface area (Å²) in [6.07, 6.45) is -0.0890. The van der Waals surface area contributed by atoms with Crippen molar-refractivity contribution in [1.29, 1.82) is 0 Å². The van der Waals surface area contributed by atoms with Crippen molar-refractivity contribution in [3.05, 3.63) is 0 Å². The molecule has 0 spiro atoms. The van der Waals surface area contributed by atoms with E-state index >= 15 is 14.4 Å². The molecule has 4 rings (SSSR count). The van der Waals surface area contributed by atoms with Crippen LogP contribution in [-0.2, 0) is 19.2 Å². The van der Waals surface area contributed by atoms with Crippen LogP contribution in [0.4, 0.5) is 0 Å². The van der Waals surface area contributed by atoms with Gasteiger partial charge in [0.05, 0.1) is 17.3 Å². The van der Waals surface area contributed by atoms with Crippen LogP contribution in [0.5, 0.6) is 0 Å². The number of carboxylic acids is 4. The number of likely N-dealkylation sites (tertiary alicyclic amines) is 4. The molecular weight excluding hydrogens is 761 g/mol. The van der Waals surface area contributed by atoms with Crippen molar-refractivity contribution in [2.75, 3.05) is 28.2 Å². The van der Waals surface area contributed by atoms with E-state index in [0.29, 0.717) is 0 Å². The van der Waals surface area contributed by atoms with E-state index in [9.17, 15) is 25.2 Å². The largest absolute Gasteiger partial charge is 0.481 e. The predicted octanol–water partition coefficient (Wildman–Crippen LogP) is 7.69. The number of carbonyl (C=O) groups is 4. The fraction of sp³-hybridized carbons (Fsp3) is 0.917. The lowest BCUT2D eigenvalue weighted by Crippen LogP contribution is -2.80. The maximum absolute atomic E-state index is 16.2. The van der Waals surface area contributed by atoms with Crippen LogP contribution in [0.15, 0.2) is 0 Å². The summed E-state index contributed by atoms with van der Waals surface area (Å²) >= 11 is 0. The summed E-state index contributed by atoms with van der Waals surface area (Å²) in [6.45, 7) is 32.6. The molecule has 60 heavy (non-hydrogen) atoms. The third-order valence-electron chi connectivity index (χ3n) is 19.9. The third kappa shape index (κ3) is 6.97. The number of aliphatic carboxylic acids is 4. The minimum Gasteiger partial charge on any atom is -0.481 e. The van der Waals surface area contributed by atoms with E-state index in [1.54, 1.807) is 0 Å². The van der Waals surface area contributed by atoms with Crippen molar-refractivity contribution in [3.8, 4) is 0 Å². The van der Waals surface area contributed by atoms with Gasteiger partial charge in [-0.3, -0.25) is 38.8 Å². The number of hydrogen-bond acceptors (Lipinski definition) is 8. The van der Waals surface area contributed by atoms with E-state index in [2.05, 4.69) is 61.1 Å². The van der Waals surface area contributed by atoms with Crippen LogP contribution in [0.3, 0.4) is 0 Å². The van der Waals surface area contributed by atoms with Gasteiger partial charge in [0.1, 0.15) is 5.41 Å². The lowest BCUT2D eigenvalue weighted by molar-refractivity contribution is -0.278. The molecule has 0 aromatic carbocycles. The molecule has 0 aromatic rings. The molecule has 0 amide bonds. The topological polar surface area (TPSA) is 162 Å². The molecule has 14 atom stereocenters. The lowest BCUT2D eigenvalue weighted by atomic mass is 9.31. The monoisotopic (exact) mass is 847 g/mol. The number of rotatable bonds is 11. The Balaban J connectivity index is 2.53. The summed E-state index contributed by atoms with van der Waals surface area (Å²) in [5.41, 5.74) is -10.1. The molecule has 0 bridgehead atoms. The summed E-state index contributed by atoms with van der Waals surface area (Å²) in [5, 5.41) is 50.2. The molecule has 4 aliphatic rings. The van der Waals surface area contributed by atoms with Gasteiger partial charge in [-0.1, -0.05) is 27.7 Å². The maximum Gasteiger partial charge on any atom is 0.312 e. The van der Waals surface area contributed by atoms with E-state index in [1.807, 2.05) is 97.4 Å². The van der Waals surface area contributed by atoms with Gasteiger partial charge in [0.15, 0.2) is 0 Å². The highest BCUT2D eigenvalue weighted by Gasteiger charge is 2.84. The second kappa shape index (κ2) is 16.1. The Morgan fingerprint density at radius 3 is 0.983 bits per heavy atom. The van der Waals surface area contributed by atoms with Crippen LogP contribution in [0.25, 0.3) is 0 Å². The summed E-state index contributed by atoms with van der Waals surface area (Å²) in [4.78, 5) is 70.6. The van der Waals surface area contributed by atoms with E-state index in [1.165, 1.54) is 0 Å². The molecule has 0 aliphatic carbocycles. The van der Waals surface area contributed by atoms with Crippen molar-refractivity contribution in [3.63, 3.8) is 0 Å². The van der Waals surface area contributed by atoms with E-state index in [0.717, 1.165) is 0 Å². The average Bonchev–Trinajstić information content (AvgIpc) is 3.12. The van der Waals surface area contributed by atoms with E-state index in [-0.39, 0.29) is 49.9 Å². The average molecular weight is 847 g/mol. The van der Waals surface area contributed by atoms with Crippen molar-refractivity contribution >= 4 is 23.9 Å². The van der Waals surface area contributed by atoms with Crippen LogP contribution >= 0.6 is 0 Å². The first kappa shape index (κ1) is 50.4. The highest BCUT2D eigenvalue weighted by atomic mass is 16.4. The van der Waals surface area contributed by atoms with E-state index in [4.69, 9.17) is 0 Å². The first-order chi connectivity index (χ1) is 27.0. The Morgan fingerprint density at radius 2 is 0.717 bits per heavy atom. The molecule has 0 saturated carbocycles. The number of hydrogen-bond donors (Lipinski definition) is 4. The molecule has 0 aromatic heterocycles. The predicted molar refractivity (Wildman–Crippen MR) is 237 cm³/mol. The van der Waals surface area contributed by atoms with Gasteiger partial charge in [0.2, 0.25) is 0 Å². The van der Waals surface area contributed by atoms with Gasteiger partial charge >= 0.3 is 23.9 Å². The molecule has 0 radical (unpaired) electrons. The second-order valence-corrected chi connectivity index (χ2v) is 23.5. The highest BCUT2D eigenvalue weighted by molar-refractivity contribution is 5.96. The van der Waals surface area contributed by atoms with Gasteiger partial charge in [-0.25, -0.2) is 0 Å². The molecule has 4 fully saturated rings. The van der Waals surface area contributed by atoms with Crippen molar-refractivity contribution in [2.45, 2.75) is 189 Å². The molecule has 14 unspecified atom stereocenters. The normalized spacial score (nSPS) is 40.7. The lowest BCUT2D eigenvalue weighted by Gasteiger charge is -2.72. The van der Waals surface area contributed by atoms with Crippen molar-refractivity contribution < 1.29 is 39.6 Å². The van der Waals surface area contributed by atoms with Crippen LogP contribution in [0.1, 0.15) is 143 Å². The Kier molecular flexibility index (Phi) is 13.5. The molecule has 4 N–H and O–H groups in total. The fourth-order valence-corrected chi connectivity index (χ4v) is 14.8. The van der Waals surface area contributed by atoms with Gasteiger partial charge in [0.25, 0.3) is 0 Å². The van der Waals surface area contributed by atoms with Gasteiger partial charge < -0.3 is 20.4 Å². The summed E-state index contributed by atoms with van der Waals surface area (Å²) in [5.74, 6) is -11.4. The van der Waals surface area contributed by atoms with Crippen molar-refractivity contribution in [1.82, 2.24) is 19.6 Å². The van der Waals surface area contributed by atoms with Gasteiger partial charge in [-0.2, -0.15) is 0 Å². The first-order valence-electron chi connectivity index (χ1n) is 22.9. The zero-order chi connectivity index (χ0) is 46.6. The molecule has 4 heterocycles. The van der Waals surface area contributed by atoms with Gasteiger partial charge in [-0.05, 0) is 184 Å². The number of carboxylic acid groups (broad SMARTS) is 4. The van der Waals surface area contributed by atoms with Gasteiger partial charge in [0, 0.05) is 46.3 Å². The van der Waals surface area contributed by atoms with E-state index < -0.39 is 116 Å².